The number of aryl methyl sites for hydroxylation is 2. The van der Waals surface area contributed by atoms with Gasteiger partial charge in [-0.2, -0.15) is 0 Å². The van der Waals surface area contributed by atoms with E-state index in [0.29, 0.717) is 36.0 Å². The molecule has 1 amide bonds. The number of rotatable bonds is 2. The van der Waals surface area contributed by atoms with Crippen molar-refractivity contribution in [3.63, 3.8) is 0 Å². The second-order valence-electron chi connectivity index (χ2n) is 5.94. The Bertz CT molecular complexity index is 943. The summed E-state index contributed by atoms with van der Waals surface area (Å²) in [5, 5.41) is 3.89. The largest absolute Gasteiger partial charge is 0.486 e. The highest BCUT2D eigenvalue weighted by atomic mass is 16.6. The lowest BCUT2D eigenvalue weighted by atomic mass is 10.1. The van der Waals surface area contributed by atoms with Crippen molar-refractivity contribution in [2.45, 2.75) is 13.8 Å². The third-order valence-corrected chi connectivity index (χ3v) is 4.26. The van der Waals surface area contributed by atoms with E-state index in [1.165, 1.54) is 0 Å². The number of hydrogen-bond acceptors (Lipinski definition) is 3. The van der Waals surface area contributed by atoms with Gasteiger partial charge in [0.1, 0.15) is 13.2 Å². The topological polar surface area (TPSA) is 63.4 Å². The average molecular weight is 322 g/mol. The van der Waals surface area contributed by atoms with Gasteiger partial charge in [0.25, 0.3) is 5.91 Å². The van der Waals surface area contributed by atoms with Gasteiger partial charge >= 0.3 is 0 Å². The number of carbonyl (C=O) groups excluding carboxylic acids is 1. The zero-order valence-corrected chi connectivity index (χ0v) is 13.6. The molecular formula is C19H18N2O3. The molecule has 1 aliphatic heterocycles. The first-order chi connectivity index (χ1) is 11.6. The van der Waals surface area contributed by atoms with Crippen molar-refractivity contribution in [1.29, 1.82) is 0 Å². The van der Waals surface area contributed by atoms with E-state index in [2.05, 4.69) is 10.3 Å². The molecule has 0 atom stereocenters. The first kappa shape index (κ1) is 14.6. The minimum absolute atomic E-state index is 0.138. The van der Waals surface area contributed by atoms with Crippen molar-refractivity contribution in [2.24, 2.45) is 0 Å². The van der Waals surface area contributed by atoms with Crippen LogP contribution in [0.15, 0.2) is 36.4 Å². The van der Waals surface area contributed by atoms with Crippen molar-refractivity contribution < 1.29 is 14.3 Å². The van der Waals surface area contributed by atoms with Gasteiger partial charge in [0, 0.05) is 28.4 Å². The fourth-order valence-corrected chi connectivity index (χ4v) is 3.10. The highest BCUT2D eigenvalue weighted by molar-refractivity contribution is 6.14. The van der Waals surface area contributed by atoms with Crippen LogP contribution >= 0.6 is 0 Å². The minimum Gasteiger partial charge on any atom is -0.486 e. The highest BCUT2D eigenvalue weighted by Gasteiger charge is 2.18. The summed E-state index contributed by atoms with van der Waals surface area (Å²) in [4.78, 5) is 16.1. The monoisotopic (exact) mass is 322 g/mol. The Morgan fingerprint density at radius 3 is 2.71 bits per heavy atom. The van der Waals surface area contributed by atoms with Crippen LogP contribution in [0, 0.1) is 13.8 Å². The molecule has 0 aliphatic carbocycles. The fourth-order valence-electron chi connectivity index (χ4n) is 3.10. The summed E-state index contributed by atoms with van der Waals surface area (Å²) in [7, 11) is 0. The van der Waals surface area contributed by atoms with E-state index in [-0.39, 0.29) is 5.91 Å². The molecule has 0 radical (unpaired) electrons. The van der Waals surface area contributed by atoms with Crippen molar-refractivity contribution in [3.8, 4) is 11.5 Å². The number of aromatic nitrogens is 1. The Morgan fingerprint density at radius 1 is 1.08 bits per heavy atom. The number of benzene rings is 2. The average Bonchev–Trinajstić information content (AvgIpc) is 2.92. The van der Waals surface area contributed by atoms with Crippen LogP contribution in [-0.4, -0.2) is 24.1 Å². The molecule has 122 valence electrons. The van der Waals surface area contributed by atoms with Gasteiger partial charge in [0.05, 0.1) is 5.56 Å². The molecule has 4 rings (SSSR count). The molecular weight excluding hydrogens is 304 g/mol. The van der Waals surface area contributed by atoms with Gasteiger partial charge in [-0.15, -0.1) is 0 Å². The molecule has 5 nitrogen and oxygen atoms in total. The van der Waals surface area contributed by atoms with Crippen LogP contribution in [0.4, 0.5) is 5.69 Å². The van der Waals surface area contributed by atoms with Gasteiger partial charge in [0.15, 0.2) is 11.5 Å². The fraction of sp³-hybridized carbons (Fsp3) is 0.211. The molecule has 0 saturated carbocycles. The normalized spacial score (nSPS) is 13.1. The zero-order chi connectivity index (χ0) is 16.7. The molecule has 0 fully saturated rings. The van der Waals surface area contributed by atoms with Crippen LogP contribution in [0.2, 0.25) is 0 Å². The van der Waals surface area contributed by atoms with E-state index in [1.54, 1.807) is 6.07 Å². The Morgan fingerprint density at radius 2 is 1.88 bits per heavy atom. The number of hydrogen-bond donors (Lipinski definition) is 2. The molecule has 0 spiro atoms. The second kappa shape index (κ2) is 5.60. The van der Waals surface area contributed by atoms with E-state index in [0.717, 1.165) is 22.2 Å². The van der Waals surface area contributed by atoms with Crippen molar-refractivity contribution in [3.05, 3.63) is 53.2 Å². The summed E-state index contributed by atoms with van der Waals surface area (Å²) < 4.78 is 11.1. The molecule has 3 aromatic rings. The molecule has 0 unspecified atom stereocenters. The van der Waals surface area contributed by atoms with Crippen LogP contribution in [0.25, 0.3) is 10.9 Å². The van der Waals surface area contributed by atoms with Crippen molar-refractivity contribution in [2.75, 3.05) is 18.5 Å². The molecule has 2 aromatic carbocycles. The molecule has 2 heterocycles. The molecule has 0 bridgehead atoms. The first-order valence-corrected chi connectivity index (χ1v) is 7.92. The van der Waals surface area contributed by atoms with Crippen molar-refractivity contribution in [1.82, 2.24) is 4.98 Å². The maximum atomic E-state index is 12.8. The number of H-pyrrole nitrogens is 1. The van der Waals surface area contributed by atoms with Crippen LogP contribution in [0.1, 0.15) is 21.6 Å². The maximum Gasteiger partial charge on any atom is 0.258 e. The number of nitrogens with one attached hydrogen (secondary N) is 2. The van der Waals surface area contributed by atoms with E-state index >= 15 is 0 Å². The van der Waals surface area contributed by atoms with Crippen molar-refractivity contribution >= 4 is 22.5 Å². The number of para-hydroxylation sites is 1. The Kier molecular flexibility index (Phi) is 3.41. The number of ether oxygens (including phenoxy) is 2. The van der Waals surface area contributed by atoms with E-state index in [9.17, 15) is 4.79 Å². The number of amides is 1. The third kappa shape index (κ3) is 2.38. The predicted octanol–water partition coefficient (Wildman–Crippen LogP) is 3.81. The summed E-state index contributed by atoms with van der Waals surface area (Å²) in [6.07, 6.45) is 0. The summed E-state index contributed by atoms with van der Waals surface area (Å²) >= 11 is 0. The molecule has 1 aromatic heterocycles. The quantitative estimate of drug-likeness (QED) is 0.754. The van der Waals surface area contributed by atoms with E-state index < -0.39 is 0 Å². The molecule has 24 heavy (non-hydrogen) atoms. The lowest BCUT2D eigenvalue weighted by molar-refractivity contribution is 0.102. The Balaban J connectivity index is 1.68. The Labute approximate surface area is 139 Å². The van der Waals surface area contributed by atoms with Gasteiger partial charge in [-0.3, -0.25) is 4.79 Å². The SMILES string of the molecule is Cc1[nH]c2c(C)cccc2c1C(=O)Nc1ccc2c(c1)OCCO2. The number of carbonyl (C=O) groups is 1. The summed E-state index contributed by atoms with van der Waals surface area (Å²) in [5.41, 5.74) is 4.33. The number of aromatic amines is 1. The van der Waals surface area contributed by atoms with Gasteiger partial charge in [-0.25, -0.2) is 0 Å². The smallest absolute Gasteiger partial charge is 0.258 e. The summed E-state index contributed by atoms with van der Waals surface area (Å²) in [5.74, 6) is 1.23. The number of fused-ring (bicyclic) bond motifs is 2. The molecule has 1 aliphatic rings. The van der Waals surface area contributed by atoms with Crippen LogP contribution < -0.4 is 14.8 Å². The van der Waals surface area contributed by atoms with E-state index in [4.69, 9.17) is 9.47 Å². The first-order valence-electron chi connectivity index (χ1n) is 7.92. The molecule has 5 heteroatoms. The standard InChI is InChI=1S/C19H18N2O3/c1-11-4-3-5-14-17(12(2)20-18(11)14)19(22)21-13-6-7-15-16(10-13)24-9-8-23-15/h3-7,10,20H,8-9H2,1-2H3,(H,21,22). The summed E-state index contributed by atoms with van der Waals surface area (Å²) in [6, 6.07) is 11.4. The third-order valence-electron chi connectivity index (χ3n) is 4.26. The van der Waals surface area contributed by atoms with Gasteiger partial charge in [-0.1, -0.05) is 18.2 Å². The maximum absolute atomic E-state index is 12.8. The molecule has 2 N–H and O–H groups in total. The minimum atomic E-state index is -0.138. The van der Waals surface area contributed by atoms with Gasteiger partial charge < -0.3 is 19.8 Å². The Hall–Kier alpha value is -2.95. The molecule has 0 saturated heterocycles. The van der Waals surface area contributed by atoms with Crippen LogP contribution in [0.3, 0.4) is 0 Å². The van der Waals surface area contributed by atoms with Crippen LogP contribution in [-0.2, 0) is 0 Å². The predicted molar refractivity (Wildman–Crippen MR) is 93.2 cm³/mol. The number of anilines is 1. The van der Waals surface area contributed by atoms with Crippen LogP contribution in [0.5, 0.6) is 11.5 Å². The zero-order valence-electron chi connectivity index (χ0n) is 13.6. The second-order valence-corrected chi connectivity index (χ2v) is 5.94. The van der Waals surface area contributed by atoms with Gasteiger partial charge in [0.2, 0.25) is 0 Å². The van der Waals surface area contributed by atoms with E-state index in [1.807, 2.05) is 44.2 Å². The van der Waals surface area contributed by atoms with Gasteiger partial charge in [-0.05, 0) is 31.5 Å². The lowest BCUT2D eigenvalue weighted by Gasteiger charge is -2.19. The summed E-state index contributed by atoms with van der Waals surface area (Å²) in [6.45, 7) is 5.01. The lowest BCUT2D eigenvalue weighted by Crippen LogP contribution is -2.16. The highest BCUT2D eigenvalue weighted by Crippen LogP contribution is 2.33.